The first-order chi connectivity index (χ1) is 23.3. The van der Waals surface area contributed by atoms with Crippen molar-refractivity contribution in [2.45, 2.75) is 0 Å². The highest BCUT2D eigenvalue weighted by atomic mass is 16.3. The van der Waals surface area contributed by atoms with Crippen LogP contribution in [0.15, 0.2) is 156 Å². The van der Waals surface area contributed by atoms with Gasteiger partial charge in [-0.25, -0.2) is 0 Å². The highest BCUT2D eigenvalue weighted by molar-refractivity contribution is 6.23. The number of nitrogens with zero attached hydrogens (tertiary/aromatic N) is 3. The van der Waals surface area contributed by atoms with E-state index in [0.29, 0.717) is 5.56 Å². The van der Waals surface area contributed by atoms with E-state index in [2.05, 4.69) is 143 Å². The maximum absolute atomic E-state index is 10.4. The average molecular weight is 600 g/mol. The van der Waals surface area contributed by atoms with Gasteiger partial charge in [0.25, 0.3) is 0 Å². The molecule has 10 aromatic rings. The Morgan fingerprint density at radius 2 is 1.13 bits per heavy atom. The predicted molar refractivity (Wildman–Crippen MR) is 193 cm³/mol. The van der Waals surface area contributed by atoms with Gasteiger partial charge < -0.3 is 13.6 Å². The summed E-state index contributed by atoms with van der Waals surface area (Å²) in [6.45, 7) is 0. The summed E-state index contributed by atoms with van der Waals surface area (Å²) < 4.78 is 11.1. The summed E-state index contributed by atoms with van der Waals surface area (Å²) in [4.78, 5) is 0. The quantitative estimate of drug-likeness (QED) is 0.203. The van der Waals surface area contributed by atoms with Crippen LogP contribution < -0.4 is 0 Å². The SMILES string of the molecule is N#Cc1cccc(-n2c3ccccc3c3ccccc32)c1-c1cccc(-n2c3ccccc3c3c4oc5ccccc5c4ccc32)c1. The maximum atomic E-state index is 10.4. The van der Waals surface area contributed by atoms with Gasteiger partial charge in [0.15, 0.2) is 0 Å². The molecule has 0 aliphatic heterocycles. The lowest BCUT2D eigenvalue weighted by Gasteiger charge is -2.17. The highest BCUT2D eigenvalue weighted by Gasteiger charge is 2.21. The third-order valence-electron chi connectivity index (χ3n) is 9.56. The number of aromatic nitrogens is 2. The van der Waals surface area contributed by atoms with Crippen molar-refractivity contribution in [3.63, 3.8) is 0 Å². The molecule has 0 N–H and O–H groups in total. The minimum Gasteiger partial charge on any atom is -0.455 e. The van der Waals surface area contributed by atoms with E-state index < -0.39 is 0 Å². The zero-order valence-electron chi connectivity index (χ0n) is 25.2. The van der Waals surface area contributed by atoms with Crippen molar-refractivity contribution >= 4 is 65.6 Å². The molecule has 0 atom stereocenters. The number of rotatable bonds is 3. The van der Waals surface area contributed by atoms with Crippen LogP contribution in [0, 0.1) is 11.3 Å². The summed E-state index contributed by atoms with van der Waals surface area (Å²) in [5.41, 5.74) is 10.7. The Balaban J connectivity index is 1.26. The maximum Gasteiger partial charge on any atom is 0.145 e. The van der Waals surface area contributed by atoms with E-state index in [9.17, 15) is 5.26 Å². The summed E-state index contributed by atoms with van der Waals surface area (Å²) in [6.07, 6.45) is 0. The van der Waals surface area contributed by atoms with Crippen LogP contribution in [0.5, 0.6) is 0 Å². The minimum atomic E-state index is 0.632. The Hall–Kier alpha value is -6.57. The molecule has 0 fully saturated rings. The first-order valence-electron chi connectivity index (χ1n) is 15.8. The average Bonchev–Trinajstić information content (AvgIpc) is 3.79. The van der Waals surface area contributed by atoms with E-state index in [1.807, 2.05) is 24.3 Å². The molecule has 7 aromatic carbocycles. The van der Waals surface area contributed by atoms with E-state index in [1.165, 1.54) is 10.8 Å². The number of furan rings is 1. The molecule has 218 valence electrons. The molecular weight excluding hydrogens is 574 g/mol. The molecule has 10 rings (SSSR count). The normalized spacial score (nSPS) is 11.8. The van der Waals surface area contributed by atoms with Crippen LogP contribution in [-0.4, -0.2) is 9.13 Å². The fourth-order valence-electron chi connectivity index (χ4n) is 7.62. The summed E-state index contributed by atoms with van der Waals surface area (Å²) in [5.74, 6) is 0. The van der Waals surface area contributed by atoms with E-state index in [1.54, 1.807) is 0 Å². The number of hydrogen-bond donors (Lipinski definition) is 0. The van der Waals surface area contributed by atoms with Gasteiger partial charge in [-0.1, -0.05) is 91.0 Å². The lowest BCUT2D eigenvalue weighted by atomic mass is 9.97. The molecule has 0 radical (unpaired) electrons. The zero-order chi connectivity index (χ0) is 31.1. The molecule has 0 spiro atoms. The smallest absolute Gasteiger partial charge is 0.145 e. The second kappa shape index (κ2) is 9.71. The van der Waals surface area contributed by atoms with E-state index in [4.69, 9.17) is 4.42 Å². The third-order valence-corrected chi connectivity index (χ3v) is 9.56. The van der Waals surface area contributed by atoms with Crippen molar-refractivity contribution in [3.8, 4) is 28.6 Å². The Labute approximate surface area is 269 Å². The second-order valence-electron chi connectivity index (χ2n) is 12.0. The largest absolute Gasteiger partial charge is 0.455 e. The van der Waals surface area contributed by atoms with Gasteiger partial charge in [0.05, 0.1) is 44.8 Å². The molecule has 0 saturated heterocycles. The summed E-state index contributed by atoms with van der Waals surface area (Å²) >= 11 is 0. The number of benzene rings is 7. The topological polar surface area (TPSA) is 46.8 Å². The number of hydrogen-bond acceptors (Lipinski definition) is 2. The van der Waals surface area contributed by atoms with Crippen LogP contribution in [0.3, 0.4) is 0 Å². The molecule has 0 bridgehead atoms. The Morgan fingerprint density at radius 1 is 0.489 bits per heavy atom. The van der Waals surface area contributed by atoms with Crippen molar-refractivity contribution in [2.24, 2.45) is 0 Å². The molecule has 47 heavy (non-hydrogen) atoms. The second-order valence-corrected chi connectivity index (χ2v) is 12.0. The van der Waals surface area contributed by atoms with E-state index >= 15 is 0 Å². The Morgan fingerprint density at radius 3 is 1.87 bits per heavy atom. The van der Waals surface area contributed by atoms with Gasteiger partial charge in [-0.2, -0.15) is 5.26 Å². The zero-order valence-corrected chi connectivity index (χ0v) is 25.2. The molecule has 4 nitrogen and oxygen atoms in total. The standard InChI is InChI=1S/C43H25N3O/c44-26-28-12-10-21-38(46-35-18-5-1-14-30(35)31-15-2-6-19-36(31)46)41(28)27-11-9-13-29(25-27)45-37-20-7-3-17-34(37)42-39(45)24-23-33-32-16-4-8-22-40(32)47-43(33)42/h1-25H. The van der Waals surface area contributed by atoms with Gasteiger partial charge >= 0.3 is 0 Å². The number of nitriles is 1. The molecule has 0 unspecified atom stereocenters. The van der Waals surface area contributed by atoms with Gasteiger partial charge in [0.2, 0.25) is 0 Å². The van der Waals surface area contributed by atoms with Crippen molar-refractivity contribution in [3.05, 3.63) is 157 Å². The number of para-hydroxylation sites is 4. The Kier molecular flexibility index (Phi) is 5.32. The summed E-state index contributed by atoms with van der Waals surface area (Å²) in [5, 5.41) is 17.3. The van der Waals surface area contributed by atoms with Gasteiger partial charge in [0.1, 0.15) is 11.2 Å². The first kappa shape index (κ1) is 25.7. The fourth-order valence-corrected chi connectivity index (χ4v) is 7.62. The van der Waals surface area contributed by atoms with Gasteiger partial charge in [0, 0.05) is 38.2 Å². The van der Waals surface area contributed by atoms with Crippen LogP contribution in [0.2, 0.25) is 0 Å². The van der Waals surface area contributed by atoms with Crippen molar-refractivity contribution in [2.75, 3.05) is 0 Å². The van der Waals surface area contributed by atoms with Crippen LogP contribution in [0.1, 0.15) is 5.56 Å². The van der Waals surface area contributed by atoms with Crippen LogP contribution in [-0.2, 0) is 0 Å². The van der Waals surface area contributed by atoms with Crippen LogP contribution in [0.25, 0.3) is 88.1 Å². The van der Waals surface area contributed by atoms with Gasteiger partial charge in [-0.15, -0.1) is 0 Å². The molecule has 4 heteroatoms. The minimum absolute atomic E-state index is 0.632. The first-order valence-corrected chi connectivity index (χ1v) is 15.8. The molecular formula is C43H25N3O. The Bertz CT molecular complexity index is 2880. The van der Waals surface area contributed by atoms with Crippen molar-refractivity contribution in [1.82, 2.24) is 9.13 Å². The van der Waals surface area contributed by atoms with Gasteiger partial charge in [-0.05, 0) is 66.2 Å². The lowest BCUT2D eigenvalue weighted by Crippen LogP contribution is -2.00. The van der Waals surface area contributed by atoms with Crippen LogP contribution in [0.4, 0.5) is 0 Å². The molecule has 3 aromatic heterocycles. The number of fused-ring (bicyclic) bond motifs is 10. The molecule has 0 amide bonds. The van der Waals surface area contributed by atoms with E-state index in [0.717, 1.165) is 77.3 Å². The summed E-state index contributed by atoms with van der Waals surface area (Å²) in [6, 6.07) is 55.2. The molecule has 3 heterocycles. The third kappa shape index (κ3) is 3.57. The monoisotopic (exact) mass is 599 g/mol. The van der Waals surface area contributed by atoms with Gasteiger partial charge in [-0.3, -0.25) is 0 Å². The summed E-state index contributed by atoms with van der Waals surface area (Å²) in [7, 11) is 0. The van der Waals surface area contributed by atoms with Crippen LogP contribution >= 0.6 is 0 Å². The van der Waals surface area contributed by atoms with E-state index in [-0.39, 0.29) is 0 Å². The molecule has 0 saturated carbocycles. The lowest BCUT2D eigenvalue weighted by molar-refractivity contribution is 0.673. The predicted octanol–water partition coefficient (Wildman–Crippen LogP) is 11.3. The molecule has 0 aliphatic carbocycles. The van der Waals surface area contributed by atoms with Crippen molar-refractivity contribution in [1.29, 1.82) is 5.26 Å². The highest BCUT2D eigenvalue weighted by Crippen LogP contribution is 2.42. The van der Waals surface area contributed by atoms with Crippen molar-refractivity contribution < 1.29 is 4.42 Å². The molecule has 0 aliphatic rings. The fraction of sp³-hybridized carbons (Fsp3) is 0.